The van der Waals surface area contributed by atoms with Crippen LogP contribution >= 0.6 is 23.7 Å². The Kier molecular flexibility index (Phi) is 7.00. The number of alkyl halides is 3. The minimum absolute atomic E-state index is 0.101. The fourth-order valence-electron chi connectivity index (χ4n) is 2.98. The van der Waals surface area contributed by atoms with Gasteiger partial charge in [0.15, 0.2) is 0 Å². The third-order valence-corrected chi connectivity index (χ3v) is 6.30. The van der Waals surface area contributed by atoms with Gasteiger partial charge in [-0.2, -0.15) is 13.2 Å². The van der Waals surface area contributed by atoms with Gasteiger partial charge in [0, 0.05) is 22.9 Å². The highest BCUT2D eigenvalue weighted by Gasteiger charge is 2.29. The number of hydrogen-bond acceptors (Lipinski definition) is 4. The summed E-state index contributed by atoms with van der Waals surface area (Å²) in [5, 5.41) is 0. The lowest BCUT2D eigenvalue weighted by Crippen LogP contribution is -2.34. The lowest BCUT2D eigenvalue weighted by atomic mass is 10.1. The Labute approximate surface area is 166 Å². The van der Waals surface area contributed by atoms with Crippen molar-refractivity contribution in [3.05, 3.63) is 54.1 Å². The molecule has 2 aromatic carbocycles. The molecule has 1 heterocycles. The number of halogens is 3. The molecule has 0 bridgehead atoms. The second-order valence-electron chi connectivity index (χ2n) is 6.32. The topological polar surface area (TPSA) is 12.5 Å². The van der Waals surface area contributed by atoms with Crippen LogP contribution in [0.3, 0.4) is 0 Å². The van der Waals surface area contributed by atoms with Gasteiger partial charge in [0.2, 0.25) is 0 Å². The standard InChI is InChI=1S/C20H22F3NOS2/c1-2-15-5-3-4-6-19(15)27-24-13-11-17(12-14-24)25-16-7-9-18(10-8-16)26-20(21,22)23/h3-10,17H,2,11-14H2,1H3. The molecule has 0 aliphatic carbocycles. The van der Waals surface area contributed by atoms with E-state index in [0.717, 1.165) is 32.4 Å². The predicted molar refractivity (Wildman–Crippen MR) is 105 cm³/mol. The Morgan fingerprint density at radius 1 is 1.04 bits per heavy atom. The molecule has 146 valence electrons. The average molecular weight is 414 g/mol. The summed E-state index contributed by atoms with van der Waals surface area (Å²) in [5.41, 5.74) is -2.90. The quantitative estimate of drug-likeness (QED) is 0.400. The minimum atomic E-state index is -4.26. The summed E-state index contributed by atoms with van der Waals surface area (Å²) in [7, 11) is 0. The first-order valence-electron chi connectivity index (χ1n) is 8.96. The Morgan fingerprint density at radius 2 is 1.70 bits per heavy atom. The van der Waals surface area contributed by atoms with Gasteiger partial charge in [-0.25, -0.2) is 4.31 Å². The van der Waals surface area contributed by atoms with E-state index in [1.165, 1.54) is 22.6 Å². The van der Waals surface area contributed by atoms with E-state index in [0.29, 0.717) is 5.75 Å². The third-order valence-electron chi connectivity index (χ3n) is 4.34. The predicted octanol–water partition coefficient (Wildman–Crippen LogP) is 6.41. The molecule has 0 amide bonds. The first-order valence-corrected chi connectivity index (χ1v) is 10.5. The largest absolute Gasteiger partial charge is 0.490 e. The molecule has 0 saturated carbocycles. The van der Waals surface area contributed by atoms with Gasteiger partial charge >= 0.3 is 5.51 Å². The van der Waals surface area contributed by atoms with Crippen LogP contribution in [0.4, 0.5) is 13.2 Å². The highest BCUT2D eigenvalue weighted by Crippen LogP contribution is 2.37. The van der Waals surface area contributed by atoms with Gasteiger partial charge in [0.25, 0.3) is 0 Å². The van der Waals surface area contributed by atoms with Crippen LogP contribution < -0.4 is 4.74 Å². The smallest absolute Gasteiger partial charge is 0.446 e. The van der Waals surface area contributed by atoms with Gasteiger partial charge in [-0.1, -0.05) is 25.1 Å². The Hall–Kier alpha value is -1.31. The van der Waals surface area contributed by atoms with Crippen LogP contribution in [0.2, 0.25) is 0 Å². The highest BCUT2D eigenvalue weighted by molar-refractivity contribution is 8.00. The maximum Gasteiger partial charge on any atom is 0.446 e. The van der Waals surface area contributed by atoms with Crippen molar-refractivity contribution < 1.29 is 17.9 Å². The van der Waals surface area contributed by atoms with Gasteiger partial charge in [-0.15, -0.1) is 0 Å². The van der Waals surface area contributed by atoms with E-state index in [9.17, 15) is 13.2 Å². The highest BCUT2D eigenvalue weighted by atomic mass is 32.2. The van der Waals surface area contributed by atoms with Crippen LogP contribution in [-0.2, 0) is 6.42 Å². The van der Waals surface area contributed by atoms with Gasteiger partial charge < -0.3 is 4.74 Å². The van der Waals surface area contributed by atoms with Crippen molar-refractivity contribution in [3.63, 3.8) is 0 Å². The van der Waals surface area contributed by atoms with Gasteiger partial charge in [-0.05, 0) is 78.9 Å². The summed E-state index contributed by atoms with van der Waals surface area (Å²) >= 11 is 1.69. The van der Waals surface area contributed by atoms with Crippen molar-refractivity contribution in [2.75, 3.05) is 13.1 Å². The van der Waals surface area contributed by atoms with E-state index in [1.807, 2.05) is 0 Å². The Bertz CT molecular complexity index is 729. The number of piperidine rings is 1. The lowest BCUT2D eigenvalue weighted by molar-refractivity contribution is -0.0328. The zero-order valence-corrected chi connectivity index (χ0v) is 16.7. The van der Waals surface area contributed by atoms with E-state index >= 15 is 0 Å². The van der Waals surface area contributed by atoms with Crippen LogP contribution in [-0.4, -0.2) is 29.0 Å². The van der Waals surface area contributed by atoms with Crippen LogP contribution in [0, 0.1) is 0 Å². The monoisotopic (exact) mass is 413 g/mol. The summed E-state index contributed by atoms with van der Waals surface area (Å²) in [6.07, 6.45) is 2.93. The number of ether oxygens (including phenoxy) is 1. The fourth-order valence-corrected chi connectivity index (χ4v) is 4.66. The maximum absolute atomic E-state index is 12.4. The molecule has 2 aromatic rings. The van der Waals surface area contributed by atoms with Crippen molar-refractivity contribution in [1.82, 2.24) is 4.31 Å². The minimum Gasteiger partial charge on any atom is -0.490 e. The maximum atomic E-state index is 12.4. The molecule has 2 nitrogen and oxygen atoms in total. The van der Waals surface area contributed by atoms with Crippen molar-refractivity contribution in [2.24, 2.45) is 0 Å². The molecule has 0 atom stereocenters. The second kappa shape index (κ2) is 9.26. The molecule has 0 N–H and O–H groups in total. The Morgan fingerprint density at radius 3 is 2.33 bits per heavy atom. The van der Waals surface area contributed by atoms with Crippen molar-refractivity contribution in [3.8, 4) is 5.75 Å². The molecule has 27 heavy (non-hydrogen) atoms. The van der Waals surface area contributed by atoms with Crippen LogP contribution in [0.25, 0.3) is 0 Å². The van der Waals surface area contributed by atoms with E-state index in [1.54, 1.807) is 24.1 Å². The molecule has 0 aromatic heterocycles. The van der Waals surface area contributed by atoms with Crippen LogP contribution in [0.15, 0.2) is 58.3 Å². The molecule has 1 saturated heterocycles. The van der Waals surface area contributed by atoms with Gasteiger partial charge in [0.1, 0.15) is 11.9 Å². The first-order chi connectivity index (χ1) is 12.9. The molecule has 3 rings (SSSR count). The van der Waals surface area contributed by atoms with Crippen LogP contribution in [0.1, 0.15) is 25.3 Å². The molecule has 1 fully saturated rings. The molecule has 7 heteroatoms. The zero-order valence-electron chi connectivity index (χ0n) is 15.0. The van der Waals surface area contributed by atoms with E-state index in [2.05, 4.69) is 35.5 Å². The average Bonchev–Trinajstić information content (AvgIpc) is 2.64. The third kappa shape index (κ3) is 6.36. The summed E-state index contributed by atoms with van der Waals surface area (Å²) < 4.78 is 45.5. The normalized spacial score (nSPS) is 16.4. The lowest BCUT2D eigenvalue weighted by Gasteiger charge is -2.31. The molecule has 1 aliphatic rings. The molecule has 1 aliphatic heterocycles. The summed E-state index contributed by atoms with van der Waals surface area (Å²) in [5.74, 6) is 0.629. The number of aryl methyl sites for hydroxylation is 1. The van der Waals surface area contributed by atoms with E-state index in [4.69, 9.17) is 4.74 Å². The van der Waals surface area contributed by atoms with Crippen molar-refractivity contribution in [1.29, 1.82) is 0 Å². The summed E-state index contributed by atoms with van der Waals surface area (Å²) in [4.78, 5) is 1.48. The molecular weight excluding hydrogens is 391 g/mol. The number of nitrogens with zero attached hydrogens (tertiary/aromatic N) is 1. The Balaban J connectivity index is 1.48. The number of rotatable bonds is 6. The number of hydrogen-bond donors (Lipinski definition) is 0. The molecule has 0 unspecified atom stereocenters. The van der Waals surface area contributed by atoms with Gasteiger partial charge in [0.05, 0.1) is 0 Å². The van der Waals surface area contributed by atoms with Gasteiger partial charge in [-0.3, -0.25) is 0 Å². The van der Waals surface area contributed by atoms with Crippen molar-refractivity contribution >= 4 is 23.7 Å². The fraction of sp³-hybridized carbons (Fsp3) is 0.400. The first kappa shape index (κ1) is 20.4. The van der Waals surface area contributed by atoms with Crippen LogP contribution in [0.5, 0.6) is 5.75 Å². The molecular formula is C20H22F3NOS2. The summed E-state index contributed by atoms with van der Waals surface area (Å²) in [6, 6.07) is 14.6. The molecule has 0 radical (unpaired) electrons. The molecule has 0 spiro atoms. The van der Waals surface area contributed by atoms with E-state index in [-0.39, 0.29) is 22.8 Å². The zero-order chi connectivity index (χ0) is 19.3. The van der Waals surface area contributed by atoms with E-state index < -0.39 is 5.51 Å². The van der Waals surface area contributed by atoms with Crippen molar-refractivity contribution in [2.45, 2.75) is 47.6 Å². The SMILES string of the molecule is CCc1ccccc1SN1CCC(Oc2ccc(SC(F)(F)F)cc2)CC1. The second-order valence-corrected chi connectivity index (χ2v) is 8.60. The number of thioether (sulfide) groups is 1. The number of benzene rings is 2. The summed E-state index contributed by atoms with van der Waals surface area (Å²) in [6.45, 7) is 4.02.